The average molecular weight is 271 g/mol. The van der Waals surface area contributed by atoms with Crippen molar-refractivity contribution in [3.63, 3.8) is 0 Å². The molecular formula is C15H17N3O2. The van der Waals surface area contributed by atoms with Gasteiger partial charge in [0.15, 0.2) is 0 Å². The lowest BCUT2D eigenvalue weighted by Gasteiger charge is -2.07. The van der Waals surface area contributed by atoms with Crippen LogP contribution >= 0.6 is 0 Å². The van der Waals surface area contributed by atoms with Crippen molar-refractivity contribution in [2.75, 3.05) is 19.5 Å². The Balaban J connectivity index is 2.31. The van der Waals surface area contributed by atoms with E-state index in [2.05, 4.69) is 10.2 Å². The van der Waals surface area contributed by atoms with Gasteiger partial charge in [0.1, 0.15) is 22.9 Å². The van der Waals surface area contributed by atoms with Crippen LogP contribution in [-0.4, -0.2) is 13.7 Å². The summed E-state index contributed by atoms with van der Waals surface area (Å²) in [6, 6.07) is 12.7. The highest BCUT2D eigenvalue weighted by Gasteiger charge is 2.04. The summed E-state index contributed by atoms with van der Waals surface area (Å²) >= 11 is 0. The van der Waals surface area contributed by atoms with Crippen molar-refractivity contribution < 1.29 is 9.47 Å². The number of hydrogen-bond acceptors (Lipinski definition) is 5. The first kappa shape index (κ1) is 13.9. The number of nitrogen functional groups attached to an aromatic ring is 1. The smallest absolute Gasteiger partial charge is 0.148 e. The standard InChI is InChI=1S/C15H17N3O2/c1-3-20-15-10-11(16)8-9-13(15)18-17-12-6-4-5-7-14(12)19-2/h4-10H,3,16H2,1-2H3/b18-17+. The second-order valence-corrected chi connectivity index (χ2v) is 4.03. The van der Waals surface area contributed by atoms with Gasteiger partial charge in [0.2, 0.25) is 0 Å². The molecular weight excluding hydrogens is 254 g/mol. The Hall–Kier alpha value is -2.56. The van der Waals surface area contributed by atoms with Crippen LogP contribution in [0.2, 0.25) is 0 Å². The van der Waals surface area contributed by atoms with Crippen molar-refractivity contribution in [2.24, 2.45) is 10.2 Å². The van der Waals surface area contributed by atoms with Crippen LogP contribution in [-0.2, 0) is 0 Å². The number of para-hydroxylation sites is 1. The molecule has 0 radical (unpaired) electrons. The average Bonchev–Trinajstić information content (AvgIpc) is 2.47. The van der Waals surface area contributed by atoms with E-state index in [1.165, 1.54) is 0 Å². The maximum absolute atomic E-state index is 5.74. The van der Waals surface area contributed by atoms with Crippen molar-refractivity contribution in [3.8, 4) is 11.5 Å². The van der Waals surface area contributed by atoms with Gasteiger partial charge in [-0.2, -0.15) is 0 Å². The third kappa shape index (κ3) is 3.26. The molecule has 0 unspecified atom stereocenters. The molecule has 5 heteroatoms. The highest BCUT2D eigenvalue weighted by Crippen LogP contribution is 2.33. The van der Waals surface area contributed by atoms with Crippen molar-refractivity contribution in [1.29, 1.82) is 0 Å². The number of anilines is 1. The number of azo groups is 1. The van der Waals surface area contributed by atoms with E-state index < -0.39 is 0 Å². The highest BCUT2D eigenvalue weighted by molar-refractivity contribution is 5.59. The molecule has 104 valence electrons. The number of nitrogens with two attached hydrogens (primary N) is 1. The number of rotatable bonds is 5. The molecule has 0 aliphatic heterocycles. The molecule has 0 heterocycles. The largest absolute Gasteiger partial charge is 0.494 e. The van der Waals surface area contributed by atoms with E-state index in [9.17, 15) is 0 Å². The Labute approximate surface area is 118 Å². The zero-order chi connectivity index (χ0) is 14.4. The van der Waals surface area contributed by atoms with Crippen LogP contribution in [0.15, 0.2) is 52.7 Å². The summed E-state index contributed by atoms with van der Waals surface area (Å²) in [7, 11) is 1.60. The number of benzene rings is 2. The maximum Gasteiger partial charge on any atom is 0.148 e. The van der Waals surface area contributed by atoms with E-state index in [1.807, 2.05) is 31.2 Å². The Morgan fingerprint density at radius 1 is 1.00 bits per heavy atom. The fourth-order valence-corrected chi connectivity index (χ4v) is 1.70. The van der Waals surface area contributed by atoms with Crippen LogP contribution in [0.1, 0.15) is 6.92 Å². The molecule has 2 aromatic carbocycles. The lowest BCUT2D eigenvalue weighted by atomic mass is 10.2. The van der Waals surface area contributed by atoms with Gasteiger partial charge in [-0.15, -0.1) is 10.2 Å². The van der Waals surface area contributed by atoms with Gasteiger partial charge >= 0.3 is 0 Å². The van der Waals surface area contributed by atoms with Crippen molar-refractivity contribution in [3.05, 3.63) is 42.5 Å². The summed E-state index contributed by atoms with van der Waals surface area (Å²) in [5.74, 6) is 1.29. The first-order chi connectivity index (χ1) is 9.74. The molecule has 0 saturated carbocycles. The van der Waals surface area contributed by atoms with Gasteiger partial charge in [0.25, 0.3) is 0 Å². The lowest BCUT2D eigenvalue weighted by Crippen LogP contribution is -1.93. The monoisotopic (exact) mass is 271 g/mol. The number of methoxy groups -OCH3 is 1. The Bertz CT molecular complexity index is 612. The third-order valence-electron chi connectivity index (χ3n) is 2.63. The van der Waals surface area contributed by atoms with E-state index >= 15 is 0 Å². The number of nitrogens with zero attached hydrogens (tertiary/aromatic N) is 2. The van der Waals surface area contributed by atoms with Gasteiger partial charge in [-0.3, -0.25) is 0 Å². The zero-order valence-electron chi connectivity index (χ0n) is 11.5. The lowest BCUT2D eigenvalue weighted by molar-refractivity contribution is 0.341. The van der Waals surface area contributed by atoms with Gasteiger partial charge < -0.3 is 15.2 Å². The third-order valence-corrected chi connectivity index (χ3v) is 2.63. The van der Waals surface area contributed by atoms with Crippen LogP contribution in [0.25, 0.3) is 0 Å². The second-order valence-electron chi connectivity index (χ2n) is 4.03. The van der Waals surface area contributed by atoms with Crippen LogP contribution < -0.4 is 15.2 Å². The topological polar surface area (TPSA) is 69.2 Å². The first-order valence-electron chi connectivity index (χ1n) is 6.31. The molecule has 0 spiro atoms. The van der Waals surface area contributed by atoms with Crippen molar-refractivity contribution in [1.82, 2.24) is 0 Å². The predicted octanol–water partition coefficient (Wildman–Crippen LogP) is 4.09. The Morgan fingerprint density at radius 3 is 2.40 bits per heavy atom. The second kappa shape index (κ2) is 6.56. The van der Waals surface area contributed by atoms with E-state index in [-0.39, 0.29) is 0 Å². The number of ether oxygens (including phenoxy) is 2. The minimum Gasteiger partial charge on any atom is -0.494 e. The first-order valence-corrected chi connectivity index (χ1v) is 6.31. The molecule has 2 N–H and O–H groups in total. The van der Waals surface area contributed by atoms with E-state index in [4.69, 9.17) is 15.2 Å². The van der Waals surface area contributed by atoms with Gasteiger partial charge in [-0.1, -0.05) is 12.1 Å². The predicted molar refractivity (Wildman–Crippen MR) is 79.2 cm³/mol. The summed E-state index contributed by atoms with van der Waals surface area (Å²) in [6.45, 7) is 2.45. The molecule has 5 nitrogen and oxygen atoms in total. The molecule has 0 bridgehead atoms. The SMILES string of the molecule is CCOc1cc(N)ccc1/N=N/c1ccccc1OC. The molecule has 20 heavy (non-hydrogen) atoms. The van der Waals surface area contributed by atoms with Crippen molar-refractivity contribution in [2.45, 2.75) is 6.92 Å². The van der Waals surface area contributed by atoms with Crippen LogP contribution in [0.4, 0.5) is 17.1 Å². The fraction of sp³-hybridized carbons (Fsp3) is 0.200. The molecule has 0 aliphatic rings. The van der Waals surface area contributed by atoms with Crippen molar-refractivity contribution >= 4 is 17.1 Å². The number of hydrogen-bond donors (Lipinski definition) is 1. The van der Waals surface area contributed by atoms with Crippen LogP contribution in [0, 0.1) is 0 Å². The summed E-state index contributed by atoms with van der Waals surface area (Å²) in [5.41, 5.74) is 7.66. The molecule has 0 fully saturated rings. The summed E-state index contributed by atoms with van der Waals surface area (Å²) in [6.07, 6.45) is 0. The van der Waals surface area contributed by atoms with Gasteiger partial charge in [-0.25, -0.2) is 0 Å². The van der Waals surface area contributed by atoms with Gasteiger partial charge in [0, 0.05) is 11.8 Å². The van der Waals surface area contributed by atoms with Crippen LogP contribution in [0.3, 0.4) is 0 Å². The van der Waals surface area contributed by atoms with Gasteiger partial charge in [0.05, 0.1) is 13.7 Å². The quantitative estimate of drug-likeness (QED) is 0.657. The summed E-state index contributed by atoms with van der Waals surface area (Å²) < 4.78 is 10.7. The Kier molecular flexibility index (Phi) is 4.55. The van der Waals surface area contributed by atoms with E-state index in [1.54, 1.807) is 25.3 Å². The molecule has 0 amide bonds. The fourth-order valence-electron chi connectivity index (χ4n) is 1.70. The molecule has 0 aromatic heterocycles. The zero-order valence-corrected chi connectivity index (χ0v) is 11.5. The molecule has 2 rings (SSSR count). The van der Waals surface area contributed by atoms with Gasteiger partial charge in [-0.05, 0) is 31.2 Å². The Morgan fingerprint density at radius 2 is 1.70 bits per heavy atom. The summed E-state index contributed by atoms with van der Waals surface area (Å²) in [4.78, 5) is 0. The van der Waals surface area contributed by atoms with Crippen LogP contribution in [0.5, 0.6) is 11.5 Å². The normalized spacial score (nSPS) is 10.7. The minimum absolute atomic E-state index is 0.542. The molecule has 0 atom stereocenters. The highest BCUT2D eigenvalue weighted by atomic mass is 16.5. The maximum atomic E-state index is 5.74. The molecule has 0 saturated heterocycles. The van der Waals surface area contributed by atoms with E-state index in [0.29, 0.717) is 35.2 Å². The molecule has 0 aliphatic carbocycles. The van der Waals surface area contributed by atoms with E-state index in [0.717, 1.165) is 0 Å². The minimum atomic E-state index is 0.542. The summed E-state index contributed by atoms with van der Waals surface area (Å²) in [5, 5.41) is 8.41. The molecule has 2 aromatic rings.